The highest BCUT2D eigenvalue weighted by molar-refractivity contribution is 5.78. The summed E-state index contributed by atoms with van der Waals surface area (Å²) in [5.41, 5.74) is 0. The van der Waals surface area contributed by atoms with Crippen LogP contribution in [0.25, 0.3) is 0 Å². The van der Waals surface area contributed by atoms with Crippen molar-refractivity contribution >= 4 is 41.6 Å². The summed E-state index contributed by atoms with van der Waals surface area (Å²) in [5.74, 6) is 0.0728. The van der Waals surface area contributed by atoms with E-state index in [4.69, 9.17) is 28.4 Å². The number of hydrogen-bond donors (Lipinski definition) is 0. The Hall–Kier alpha value is -3.51. The van der Waals surface area contributed by atoms with Crippen molar-refractivity contribution in [1.82, 2.24) is 0 Å². The van der Waals surface area contributed by atoms with Gasteiger partial charge < -0.3 is 28.4 Å². The molecule has 13 heteroatoms. The molecule has 0 aliphatic heterocycles. The molecule has 13 nitrogen and oxygen atoms in total. The Morgan fingerprint density at radius 2 is 0.544 bits per heavy atom. The van der Waals surface area contributed by atoms with Crippen molar-refractivity contribution in [3.63, 3.8) is 0 Å². The molecule has 388 valence electrons. The third-order valence-electron chi connectivity index (χ3n) is 14.9. The Labute approximate surface area is 408 Å². The summed E-state index contributed by atoms with van der Waals surface area (Å²) in [6.07, 6.45) is 31.3. The highest BCUT2D eigenvalue weighted by Crippen LogP contribution is 2.30. The maximum Gasteiger partial charge on any atom is 0.306 e. The zero-order chi connectivity index (χ0) is 48.4. The minimum atomic E-state index is -0.875. The molecule has 4 rings (SSSR count). The summed E-state index contributed by atoms with van der Waals surface area (Å²) in [4.78, 5) is 88.6. The van der Waals surface area contributed by atoms with Gasteiger partial charge >= 0.3 is 35.8 Å². The number of carbonyl (C=O) groups is 7. The minimum absolute atomic E-state index is 0.126. The van der Waals surface area contributed by atoms with Gasteiger partial charge in [-0.15, -0.1) is 0 Å². The van der Waals surface area contributed by atoms with Crippen LogP contribution in [0, 0.1) is 23.7 Å². The molecule has 0 aromatic carbocycles. The lowest BCUT2D eigenvalue weighted by Crippen LogP contribution is -2.31. The normalized spacial score (nSPS) is 17.7. The van der Waals surface area contributed by atoms with Gasteiger partial charge in [-0.1, -0.05) is 141 Å². The second-order valence-electron chi connectivity index (χ2n) is 20.8. The molecule has 68 heavy (non-hydrogen) atoms. The van der Waals surface area contributed by atoms with Gasteiger partial charge in [0.15, 0.2) is 12.2 Å². The van der Waals surface area contributed by atoms with Gasteiger partial charge in [-0.25, -0.2) is 0 Å². The topological polar surface area (TPSA) is 175 Å². The summed E-state index contributed by atoms with van der Waals surface area (Å²) in [6, 6.07) is 0. The number of unbranched alkanes of at least 4 members (excludes halogenated alkanes) is 4. The van der Waals surface area contributed by atoms with E-state index in [0.29, 0.717) is 101 Å². The van der Waals surface area contributed by atoms with Gasteiger partial charge in [-0.05, 0) is 75.0 Å². The van der Waals surface area contributed by atoms with Crippen molar-refractivity contribution in [2.45, 2.75) is 256 Å². The minimum Gasteiger partial charge on any atom is -0.462 e. The monoisotopic (exact) mass is 959 g/mol. The Morgan fingerprint density at radius 1 is 0.294 bits per heavy atom. The molecular weight excluding hydrogens is 869 g/mol. The molecule has 0 atom stereocenters. The summed E-state index contributed by atoms with van der Waals surface area (Å²) in [7, 11) is 0. The standard InChI is InChI=1S/C55H90O13/c56-47(27-15-5-17-29-54(61)67-48(39-63-50(57)35-31-43-19-7-1-8-20-43)40-64-51(58)36-32-44-21-9-2-10-22-44)28-16-6-18-30-55(62)68-49(41-65-52(59)37-33-45-23-11-3-12-24-45)42-66-53(60)38-34-46-25-13-4-14-26-46/h43-46,48-49H,1-42H2. The Balaban J connectivity index is 1.07. The SMILES string of the molecule is O=C(CCCCCC(=O)OC(COC(=O)CCC1CCCCC1)COC(=O)CCC1CCCCC1)CCCCCC(=O)OC(COC(=O)CCC1CCCCC1)COC(=O)CCC1CCCCC1. The van der Waals surface area contributed by atoms with Gasteiger partial charge in [-0.3, -0.25) is 33.6 Å². The van der Waals surface area contributed by atoms with Gasteiger partial charge in [0.05, 0.1) is 0 Å². The maximum absolute atomic E-state index is 12.8. The molecule has 0 saturated heterocycles. The number of carbonyl (C=O) groups excluding carboxylic acids is 7. The van der Waals surface area contributed by atoms with E-state index < -0.39 is 24.1 Å². The second-order valence-corrected chi connectivity index (χ2v) is 20.8. The van der Waals surface area contributed by atoms with E-state index >= 15 is 0 Å². The molecule has 0 spiro atoms. The van der Waals surface area contributed by atoms with Crippen molar-refractivity contribution < 1.29 is 62.0 Å². The lowest BCUT2D eigenvalue weighted by Gasteiger charge is -2.22. The molecule has 4 aliphatic rings. The lowest BCUT2D eigenvalue weighted by molar-refractivity contribution is -0.167. The van der Waals surface area contributed by atoms with Crippen LogP contribution in [0.2, 0.25) is 0 Å². The number of esters is 6. The molecule has 0 radical (unpaired) electrons. The maximum atomic E-state index is 12.8. The van der Waals surface area contributed by atoms with E-state index in [0.717, 1.165) is 77.0 Å². The molecule has 0 amide bonds. The first-order valence-corrected chi connectivity index (χ1v) is 27.6. The van der Waals surface area contributed by atoms with E-state index in [2.05, 4.69) is 0 Å². The first kappa shape index (κ1) is 57.1. The molecule has 0 heterocycles. The summed E-state index contributed by atoms with van der Waals surface area (Å²) in [6.45, 7) is -0.626. The van der Waals surface area contributed by atoms with E-state index in [1.807, 2.05) is 0 Å². The van der Waals surface area contributed by atoms with Crippen LogP contribution in [0.1, 0.15) is 244 Å². The zero-order valence-electron chi connectivity index (χ0n) is 42.0. The van der Waals surface area contributed by atoms with Crippen molar-refractivity contribution in [3.8, 4) is 0 Å². The second kappa shape index (κ2) is 35.6. The van der Waals surface area contributed by atoms with Crippen LogP contribution in [0.4, 0.5) is 0 Å². The fourth-order valence-corrected chi connectivity index (χ4v) is 10.6. The van der Waals surface area contributed by atoms with Crippen LogP contribution < -0.4 is 0 Å². The van der Waals surface area contributed by atoms with Gasteiger partial charge in [0.25, 0.3) is 0 Å². The molecule has 0 aromatic heterocycles. The van der Waals surface area contributed by atoms with Crippen molar-refractivity contribution in [1.29, 1.82) is 0 Å². The van der Waals surface area contributed by atoms with Gasteiger partial charge in [0, 0.05) is 51.4 Å². The van der Waals surface area contributed by atoms with Crippen molar-refractivity contribution in [3.05, 3.63) is 0 Å². The highest BCUT2D eigenvalue weighted by atomic mass is 16.6. The molecule has 4 fully saturated rings. The van der Waals surface area contributed by atoms with Crippen molar-refractivity contribution in [2.24, 2.45) is 23.7 Å². The van der Waals surface area contributed by atoms with Crippen molar-refractivity contribution in [2.75, 3.05) is 26.4 Å². The van der Waals surface area contributed by atoms with Crippen LogP contribution in [-0.4, -0.2) is 80.2 Å². The third-order valence-corrected chi connectivity index (χ3v) is 14.9. The van der Waals surface area contributed by atoms with E-state index in [-0.39, 0.29) is 68.9 Å². The van der Waals surface area contributed by atoms with E-state index in [9.17, 15) is 33.6 Å². The molecule has 4 saturated carbocycles. The number of ether oxygens (including phenoxy) is 6. The molecule has 0 bridgehead atoms. The summed E-state index contributed by atoms with van der Waals surface area (Å²) in [5, 5.41) is 0. The van der Waals surface area contributed by atoms with Crippen LogP contribution in [0.3, 0.4) is 0 Å². The van der Waals surface area contributed by atoms with E-state index in [1.54, 1.807) is 0 Å². The summed E-state index contributed by atoms with van der Waals surface area (Å²) >= 11 is 0. The highest BCUT2D eigenvalue weighted by Gasteiger charge is 2.24. The van der Waals surface area contributed by atoms with E-state index in [1.165, 1.54) is 77.0 Å². The largest absolute Gasteiger partial charge is 0.462 e. The fraction of sp³-hybridized carbons (Fsp3) is 0.873. The Bertz CT molecular complexity index is 1270. The fourth-order valence-electron chi connectivity index (χ4n) is 10.6. The molecular formula is C55H90O13. The third kappa shape index (κ3) is 27.6. The predicted molar refractivity (Wildman–Crippen MR) is 258 cm³/mol. The van der Waals surface area contributed by atoms with Gasteiger partial charge in [0.1, 0.15) is 32.2 Å². The molecule has 4 aliphatic carbocycles. The molecule has 0 N–H and O–H groups in total. The zero-order valence-corrected chi connectivity index (χ0v) is 42.0. The summed E-state index contributed by atoms with van der Waals surface area (Å²) < 4.78 is 33.3. The molecule has 0 unspecified atom stereocenters. The Kier molecular flexibility index (Phi) is 29.9. The van der Waals surface area contributed by atoms with Crippen LogP contribution in [0.15, 0.2) is 0 Å². The number of rotatable bonds is 34. The van der Waals surface area contributed by atoms with Crippen LogP contribution >= 0.6 is 0 Å². The Morgan fingerprint density at radius 3 is 0.809 bits per heavy atom. The number of hydrogen-bond acceptors (Lipinski definition) is 13. The quantitative estimate of drug-likeness (QED) is 0.0339. The molecule has 0 aromatic rings. The van der Waals surface area contributed by atoms with Gasteiger partial charge in [0.2, 0.25) is 0 Å². The number of ketones is 1. The van der Waals surface area contributed by atoms with Gasteiger partial charge in [-0.2, -0.15) is 0 Å². The first-order valence-electron chi connectivity index (χ1n) is 27.6. The van der Waals surface area contributed by atoms with Crippen LogP contribution in [0.5, 0.6) is 0 Å². The average Bonchev–Trinajstić information content (AvgIpc) is 3.36. The smallest absolute Gasteiger partial charge is 0.306 e. The average molecular weight is 959 g/mol. The van der Waals surface area contributed by atoms with Crippen LogP contribution in [-0.2, 0) is 62.0 Å². The first-order chi connectivity index (χ1) is 33.1. The predicted octanol–water partition coefficient (Wildman–Crippen LogP) is 11.9. The lowest BCUT2D eigenvalue weighted by atomic mass is 9.86. The number of Topliss-reactive ketones (excluding diaryl/α,β-unsaturated/α-hetero) is 1.